The third-order valence-electron chi connectivity index (χ3n) is 5.06. The fraction of sp³-hybridized carbons (Fsp3) is 0.381. The van der Waals surface area contributed by atoms with Gasteiger partial charge < -0.3 is 10.1 Å². The fourth-order valence-corrected chi connectivity index (χ4v) is 5.79. The van der Waals surface area contributed by atoms with Gasteiger partial charge in [0, 0.05) is 4.88 Å². The van der Waals surface area contributed by atoms with Crippen LogP contribution in [0, 0.1) is 0 Å². The molecule has 6 nitrogen and oxygen atoms in total. The first-order valence-electron chi connectivity index (χ1n) is 9.79. The number of aromatic nitrogens is 2. The minimum atomic E-state index is -0.336. The number of hydrogen-bond acceptors (Lipinski definition) is 5. The molecular formula is C21H24N3O3S2+. The summed E-state index contributed by atoms with van der Waals surface area (Å²) in [6.07, 6.45) is 4.02. The van der Waals surface area contributed by atoms with Crippen LogP contribution in [0.4, 0.5) is 5.00 Å². The van der Waals surface area contributed by atoms with Crippen molar-refractivity contribution in [1.29, 1.82) is 0 Å². The Labute approximate surface area is 177 Å². The summed E-state index contributed by atoms with van der Waals surface area (Å²) >= 11 is 2.96. The van der Waals surface area contributed by atoms with E-state index < -0.39 is 0 Å². The van der Waals surface area contributed by atoms with Crippen molar-refractivity contribution in [3.8, 4) is 0 Å². The number of hydrogen-bond donors (Lipinski definition) is 2. The number of nitrogens with one attached hydrogen (secondary N) is 2. The number of rotatable bonds is 6. The third kappa shape index (κ3) is 4.04. The predicted octanol–water partition coefficient (Wildman–Crippen LogP) is 3.84. The van der Waals surface area contributed by atoms with E-state index in [0.29, 0.717) is 17.2 Å². The lowest BCUT2D eigenvalue weighted by atomic mass is 9.95. The normalized spacial score (nSPS) is 13.3. The predicted molar refractivity (Wildman–Crippen MR) is 116 cm³/mol. The number of H-pyrrole nitrogens is 1. The van der Waals surface area contributed by atoms with E-state index in [2.05, 4.69) is 10.3 Å². The molecule has 0 unspecified atom stereocenters. The van der Waals surface area contributed by atoms with Gasteiger partial charge in [0.1, 0.15) is 5.00 Å². The Morgan fingerprint density at radius 1 is 1.28 bits per heavy atom. The van der Waals surface area contributed by atoms with E-state index in [-0.39, 0.29) is 17.6 Å². The van der Waals surface area contributed by atoms with Crippen LogP contribution in [0.15, 0.2) is 29.4 Å². The molecule has 0 spiro atoms. The van der Waals surface area contributed by atoms with Crippen molar-refractivity contribution in [3.05, 3.63) is 40.3 Å². The minimum Gasteiger partial charge on any atom is -0.462 e. The van der Waals surface area contributed by atoms with E-state index in [1.807, 2.05) is 35.9 Å². The molecule has 1 aromatic carbocycles. The van der Waals surface area contributed by atoms with Crippen LogP contribution in [0.1, 0.15) is 40.6 Å². The Morgan fingerprint density at radius 3 is 2.86 bits per heavy atom. The molecule has 0 saturated heterocycles. The standard InChI is InChI=1S/C21H23N3O3S2/c1-3-27-20(26)18-13-8-4-7-11-16(13)29-19(18)23-17(25)12-28-21-22-14-9-5-6-10-15(14)24(21)2/h5-6,9-10H,3-4,7-8,11-12H2,1-2H3,(H,23,25,26)/p+1. The third-order valence-corrected chi connectivity index (χ3v) is 7.32. The number of carbonyl (C=O) groups excluding carboxylic acids is 2. The smallest absolute Gasteiger partial charge is 0.341 e. The number of thioether (sulfide) groups is 1. The minimum absolute atomic E-state index is 0.127. The summed E-state index contributed by atoms with van der Waals surface area (Å²) in [5, 5.41) is 4.51. The van der Waals surface area contributed by atoms with Crippen molar-refractivity contribution < 1.29 is 18.9 Å². The van der Waals surface area contributed by atoms with Crippen LogP contribution in [0.2, 0.25) is 0 Å². The summed E-state index contributed by atoms with van der Waals surface area (Å²) in [7, 11) is 1.98. The number of fused-ring (bicyclic) bond motifs is 2. The van der Waals surface area contributed by atoms with Gasteiger partial charge in [0.25, 0.3) is 0 Å². The number of thiophene rings is 1. The molecule has 0 aliphatic heterocycles. The molecule has 1 aliphatic carbocycles. The Balaban J connectivity index is 1.50. The maximum Gasteiger partial charge on any atom is 0.341 e. The first-order valence-corrected chi connectivity index (χ1v) is 11.6. The van der Waals surface area contributed by atoms with Crippen molar-refractivity contribution in [2.45, 2.75) is 37.8 Å². The molecule has 4 rings (SSSR count). The molecule has 1 amide bonds. The van der Waals surface area contributed by atoms with Crippen molar-refractivity contribution in [1.82, 2.24) is 4.98 Å². The van der Waals surface area contributed by atoms with Crippen LogP contribution in [-0.2, 0) is 29.4 Å². The second-order valence-electron chi connectivity index (χ2n) is 6.98. The van der Waals surface area contributed by atoms with E-state index in [1.165, 1.54) is 28.0 Å². The maximum atomic E-state index is 12.7. The van der Waals surface area contributed by atoms with Gasteiger partial charge in [-0.15, -0.1) is 11.3 Å². The van der Waals surface area contributed by atoms with Crippen LogP contribution in [-0.4, -0.2) is 29.2 Å². The molecule has 2 N–H and O–H groups in total. The Kier molecular flexibility index (Phi) is 5.91. The molecule has 2 aromatic heterocycles. The molecule has 1 aliphatic rings. The molecule has 0 saturated carbocycles. The second-order valence-corrected chi connectivity index (χ2v) is 9.05. The summed E-state index contributed by atoms with van der Waals surface area (Å²) in [4.78, 5) is 29.7. The fourth-order valence-electron chi connectivity index (χ4n) is 3.68. The monoisotopic (exact) mass is 430 g/mol. The molecule has 29 heavy (non-hydrogen) atoms. The zero-order valence-corrected chi connectivity index (χ0v) is 18.2. The van der Waals surface area contributed by atoms with Gasteiger partial charge in [0.05, 0.1) is 25.0 Å². The van der Waals surface area contributed by atoms with Crippen molar-refractivity contribution in [2.75, 3.05) is 17.7 Å². The van der Waals surface area contributed by atoms with Crippen LogP contribution in [0.25, 0.3) is 11.0 Å². The highest BCUT2D eigenvalue weighted by atomic mass is 32.2. The average Bonchev–Trinajstić information content (AvgIpc) is 3.24. The molecule has 3 aromatic rings. The largest absolute Gasteiger partial charge is 0.462 e. The van der Waals surface area contributed by atoms with E-state index >= 15 is 0 Å². The number of esters is 1. The summed E-state index contributed by atoms with van der Waals surface area (Å²) in [5.41, 5.74) is 3.74. The molecule has 0 radical (unpaired) electrons. The molecule has 152 valence electrons. The quantitative estimate of drug-likeness (QED) is 0.354. The number of amides is 1. The van der Waals surface area contributed by atoms with Gasteiger partial charge in [-0.2, -0.15) is 0 Å². The van der Waals surface area contributed by atoms with Gasteiger partial charge in [0.2, 0.25) is 5.91 Å². The van der Waals surface area contributed by atoms with Crippen LogP contribution >= 0.6 is 23.1 Å². The lowest BCUT2D eigenvalue weighted by Gasteiger charge is -2.12. The van der Waals surface area contributed by atoms with Gasteiger partial charge in [-0.25, -0.2) is 14.3 Å². The second kappa shape index (κ2) is 8.59. The van der Waals surface area contributed by atoms with Gasteiger partial charge in [-0.05, 0) is 62.1 Å². The first-order chi connectivity index (χ1) is 14.1. The lowest BCUT2D eigenvalue weighted by Crippen LogP contribution is -2.29. The number of aryl methyl sites for hydroxylation is 2. The molecule has 0 bridgehead atoms. The zero-order chi connectivity index (χ0) is 20.4. The van der Waals surface area contributed by atoms with E-state index in [1.54, 1.807) is 6.92 Å². The Bertz CT molecular complexity index is 1070. The number of nitrogens with zero attached hydrogens (tertiary/aromatic N) is 1. The highest BCUT2D eigenvalue weighted by Gasteiger charge is 2.27. The van der Waals surface area contributed by atoms with Crippen LogP contribution in [0.5, 0.6) is 0 Å². The van der Waals surface area contributed by atoms with Gasteiger partial charge in [-0.3, -0.25) is 4.79 Å². The van der Waals surface area contributed by atoms with Gasteiger partial charge in [0.15, 0.2) is 11.0 Å². The number of benzene rings is 1. The number of anilines is 1. The lowest BCUT2D eigenvalue weighted by molar-refractivity contribution is -0.683. The highest BCUT2D eigenvalue weighted by molar-refractivity contribution is 7.99. The number of imidazole rings is 1. The van der Waals surface area contributed by atoms with Crippen molar-refractivity contribution in [3.63, 3.8) is 0 Å². The number of aromatic amines is 1. The molecule has 0 fully saturated rings. The number of ether oxygens (including phenoxy) is 1. The molecule has 8 heteroatoms. The first kappa shape index (κ1) is 20.0. The zero-order valence-electron chi connectivity index (χ0n) is 16.5. The number of carbonyl (C=O) groups is 2. The van der Waals surface area contributed by atoms with E-state index in [9.17, 15) is 9.59 Å². The van der Waals surface area contributed by atoms with Crippen LogP contribution < -0.4 is 9.88 Å². The average molecular weight is 431 g/mol. The number of para-hydroxylation sites is 2. The Hall–Kier alpha value is -2.32. The maximum absolute atomic E-state index is 12.7. The summed E-state index contributed by atoms with van der Waals surface area (Å²) in [6, 6.07) is 8.03. The Morgan fingerprint density at radius 2 is 2.07 bits per heavy atom. The van der Waals surface area contributed by atoms with E-state index in [0.717, 1.165) is 47.4 Å². The highest BCUT2D eigenvalue weighted by Crippen LogP contribution is 2.38. The van der Waals surface area contributed by atoms with Gasteiger partial charge in [-0.1, -0.05) is 12.1 Å². The topological polar surface area (TPSA) is 75.1 Å². The summed E-state index contributed by atoms with van der Waals surface area (Å²) in [5.74, 6) is -0.208. The molecule has 0 atom stereocenters. The van der Waals surface area contributed by atoms with Crippen molar-refractivity contribution in [2.24, 2.45) is 7.05 Å². The molecular weight excluding hydrogens is 406 g/mol. The summed E-state index contributed by atoms with van der Waals surface area (Å²) < 4.78 is 7.30. The molecule has 2 heterocycles. The van der Waals surface area contributed by atoms with Crippen LogP contribution in [0.3, 0.4) is 0 Å². The van der Waals surface area contributed by atoms with E-state index in [4.69, 9.17) is 4.74 Å². The SMILES string of the molecule is CCOC(=O)c1c(NC(=O)CSc2[nH]c3ccccc3[n+]2C)sc2c1CCCC2. The van der Waals surface area contributed by atoms with Gasteiger partial charge >= 0.3 is 11.1 Å². The summed E-state index contributed by atoms with van der Waals surface area (Å²) in [6.45, 7) is 2.12. The van der Waals surface area contributed by atoms with Crippen molar-refractivity contribution >= 4 is 51.0 Å².